The van der Waals surface area contributed by atoms with Gasteiger partial charge in [-0.05, 0) is 12.1 Å². The fourth-order valence-electron chi connectivity index (χ4n) is 2.76. The third-order valence-corrected chi connectivity index (χ3v) is 3.97. The van der Waals surface area contributed by atoms with Crippen LogP contribution in [0.4, 0.5) is 0 Å². The van der Waals surface area contributed by atoms with Gasteiger partial charge in [0.05, 0.1) is 29.5 Å². The predicted molar refractivity (Wildman–Crippen MR) is 97.0 cm³/mol. The van der Waals surface area contributed by atoms with Gasteiger partial charge in [0, 0.05) is 17.2 Å². The van der Waals surface area contributed by atoms with Gasteiger partial charge in [0.1, 0.15) is 5.75 Å². The maximum absolute atomic E-state index is 5.31. The van der Waals surface area contributed by atoms with E-state index in [9.17, 15) is 0 Å². The van der Waals surface area contributed by atoms with Crippen molar-refractivity contribution in [1.29, 1.82) is 0 Å². The van der Waals surface area contributed by atoms with Gasteiger partial charge in [-0.2, -0.15) is 0 Å². The summed E-state index contributed by atoms with van der Waals surface area (Å²) in [6, 6.07) is 26.1. The van der Waals surface area contributed by atoms with Crippen molar-refractivity contribution in [2.75, 3.05) is 7.11 Å². The zero-order chi connectivity index (χ0) is 16.4. The van der Waals surface area contributed by atoms with E-state index in [0.717, 1.165) is 39.3 Å². The van der Waals surface area contributed by atoms with E-state index in [1.54, 1.807) is 7.11 Å². The van der Waals surface area contributed by atoms with Crippen molar-refractivity contribution >= 4 is 11.0 Å². The molecule has 0 aliphatic carbocycles. The van der Waals surface area contributed by atoms with E-state index in [2.05, 4.69) is 24.3 Å². The number of fused-ring (bicyclic) bond motifs is 1. The molecule has 0 saturated carbocycles. The molecule has 0 spiro atoms. The highest BCUT2D eigenvalue weighted by Gasteiger charge is 2.13. The molecule has 0 aliphatic rings. The van der Waals surface area contributed by atoms with Crippen LogP contribution in [0, 0.1) is 0 Å². The zero-order valence-corrected chi connectivity index (χ0v) is 13.3. The third kappa shape index (κ3) is 2.61. The van der Waals surface area contributed by atoms with E-state index >= 15 is 0 Å². The Morgan fingerprint density at radius 2 is 1.17 bits per heavy atom. The normalized spacial score (nSPS) is 10.7. The molecule has 0 unspecified atom stereocenters. The fourth-order valence-corrected chi connectivity index (χ4v) is 2.76. The van der Waals surface area contributed by atoms with Crippen LogP contribution in [0.5, 0.6) is 5.75 Å². The molecule has 0 fully saturated rings. The standard InChI is InChI=1S/C21H16N2O/c1-24-17-12-13-18-19(14-17)23-21(16-10-6-3-7-11-16)20(22-18)15-8-4-2-5-9-15/h2-14H,1H3. The minimum Gasteiger partial charge on any atom is -0.497 e. The van der Waals surface area contributed by atoms with E-state index in [1.807, 2.05) is 54.6 Å². The molecule has 1 aromatic heterocycles. The molecule has 3 heteroatoms. The Bertz CT molecular complexity index is 983. The summed E-state index contributed by atoms with van der Waals surface area (Å²) in [5, 5.41) is 0. The molecule has 1 heterocycles. The van der Waals surface area contributed by atoms with Crippen LogP contribution in [0.25, 0.3) is 33.5 Å². The average molecular weight is 312 g/mol. The van der Waals surface area contributed by atoms with Crippen LogP contribution in [0.1, 0.15) is 0 Å². The van der Waals surface area contributed by atoms with E-state index in [4.69, 9.17) is 14.7 Å². The molecular formula is C21H16N2O. The minimum absolute atomic E-state index is 0.781. The molecule has 3 aromatic carbocycles. The van der Waals surface area contributed by atoms with Gasteiger partial charge in [-0.1, -0.05) is 60.7 Å². The Hall–Kier alpha value is -3.20. The largest absolute Gasteiger partial charge is 0.497 e. The molecule has 24 heavy (non-hydrogen) atoms. The van der Waals surface area contributed by atoms with Gasteiger partial charge < -0.3 is 4.74 Å². The van der Waals surface area contributed by atoms with Crippen molar-refractivity contribution in [3.05, 3.63) is 78.9 Å². The first-order valence-corrected chi connectivity index (χ1v) is 7.82. The van der Waals surface area contributed by atoms with Crippen LogP contribution < -0.4 is 4.74 Å². The molecule has 0 saturated heterocycles. The second kappa shape index (κ2) is 6.13. The highest BCUT2D eigenvalue weighted by molar-refractivity contribution is 5.86. The highest BCUT2D eigenvalue weighted by Crippen LogP contribution is 2.31. The lowest BCUT2D eigenvalue weighted by Crippen LogP contribution is -1.96. The first kappa shape index (κ1) is 14.4. The predicted octanol–water partition coefficient (Wildman–Crippen LogP) is 4.97. The molecule has 4 rings (SSSR count). The number of aromatic nitrogens is 2. The number of ether oxygens (including phenoxy) is 1. The summed E-state index contributed by atoms with van der Waals surface area (Å²) < 4.78 is 5.31. The fraction of sp³-hybridized carbons (Fsp3) is 0.0476. The second-order valence-corrected chi connectivity index (χ2v) is 5.51. The van der Waals surface area contributed by atoms with Crippen molar-refractivity contribution < 1.29 is 4.74 Å². The van der Waals surface area contributed by atoms with Crippen LogP contribution in [-0.4, -0.2) is 17.1 Å². The van der Waals surface area contributed by atoms with Gasteiger partial charge in [0.25, 0.3) is 0 Å². The summed E-state index contributed by atoms with van der Waals surface area (Å²) in [5.41, 5.74) is 5.55. The lowest BCUT2D eigenvalue weighted by Gasteiger charge is -2.11. The van der Waals surface area contributed by atoms with Crippen LogP contribution in [0.2, 0.25) is 0 Å². The van der Waals surface area contributed by atoms with Crippen LogP contribution in [0.15, 0.2) is 78.9 Å². The molecule has 0 atom stereocenters. The summed E-state index contributed by atoms with van der Waals surface area (Å²) >= 11 is 0. The van der Waals surface area contributed by atoms with Crippen molar-refractivity contribution in [2.24, 2.45) is 0 Å². The molecule has 0 bridgehead atoms. The Morgan fingerprint density at radius 3 is 1.71 bits per heavy atom. The van der Waals surface area contributed by atoms with Gasteiger partial charge >= 0.3 is 0 Å². The molecule has 4 aromatic rings. The first-order valence-electron chi connectivity index (χ1n) is 7.82. The number of nitrogens with zero attached hydrogens (tertiary/aromatic N) is 2. The molecule has 116 valence electrons. The Kier molecular flexibility index (Phi) is 3.67. The van der Waals surface area contributed by atoms with Gasteiger partial charge in [-0.3, -0.25) is 0 Å². The summed E-state index contributed by atoms with van der Waals surface area (Å²) in [7, 11) is 1.66. The lowest BCUT2D eigenvalue weighted by atomic mass is 10.0. The topological polar surface area (TPSA) is 35.0 Å². The van der Waals surface area contributed by atoms with E-state index < -0.39 is 0 Å². The number of rotatable bonds is 3. The number of hydrogen-bond donors (Lipinski definition) is 0. The molecule has 0 N–H and O–H groups in total. The average Bonchev–Trinajstić information content (AvgIpc) is 2.68. The molecule has 3 nitrogen and oxygen atoms in total. The number of methoxy groups -OCH3 is 1. The van der Waals surface area contributed by atoms with Gasteiger partial charge in [0.2, 0.25) is 0 Å². The SMILES string of the molecule is COc1ccc2nc(-c3ccccc3)c(-c3ccccc3)nc2c1. The van der Waals surface area contributed by atoms with Crippen molar-refractivity contribution in [1.82, 2.24) is 9.97 Å². The number of benzene rings is 3. The molecule has 0 amide bonds. The zero-order valence-electron chi connectivity index (χ0n) is 13.3. The Labute approximate surface area is 140 Å². The highest BCUT2D eigenvalue weighted by atomic mass is 16.5. The maximum Gasteiger partial charge on any atom is 0.121 e. The minimum atomic E-state index is 0.781. The number of hydrogen-bond acceptors (Lipinski definition) is 3. The molecular weight excluding hydrogens is 296 g/mol. The van der Waals surface area contributed by atoms with Gasteiger partial charge in [0.15, 0.2) is 0 Å². The van der Waals surface area contributed by atoms with Crippen molar-refractivity contribution in [3.63, 3.8) is 0 Å². The van der Waals surface area contributed by atoms with Crippen LogP contribution in [-0.2, 0) is 0 Å². The summed E-state index contributed by atoms with van der Waals surface area (Å²) in [6.45, 7) is 0. The first-order chi connectivity index (χ1) is 11.8. The Morgan fingerprint density at radius 1 is 0.625 bits per heavy atom. The smallest absolute Gasteiger partial charge is 0.121 e. The van der Waals surface area contributed by atoms with Crippen molar-refractivity contribution in [2.45, 2.75) is 0 Å². The van der Waals surface area contributed by atoms with E-state index in [1.165, 1.54) is 0 Å². The molecule has 0 radical (unpaired) electrons. The van der Waals surface area contributed by atoms with E-state index in [-0.39, 0.29) is 0 Å². The van der Waals surface area contributed by atoms with Crippen LogP contribution in [0.3, 0.4) is 0 Å². The van der Waals surface area contributed by atoms with Gasteiger partial charge in [-0.25, -0.2) is 9.97 Å². The van der Waals surface area contributed by atoms with Crippen molar-refractivity contribution in [3.8, 4) is 28.3 Å². The summed E-state index contributed by atoms with van der Waals surface area (Å²) in [4.78, 5) is 9.77. The Balaban J connectivity index is 2.02. The molecule has 0 aliphatic heterocycles. The van der Waals surface area contributed by atoms with Crippen LogP contribution >= 0.6 is 0 Å². The second-order valence-electron chi connectivity index (χ2n) is 5.51. The lowest BCUT2D eigenvalue weighted by molar-refractivity contribution is 0.415. The monoisotopic (exact) mass is 312 g/mol. The third-order valence-electron chi connectivity index (χ3n) is 3.97. The summed E-state index contributed by atoms with van der Waals surface area (Å²) in [5.74, 6) is 0.781. The maximum atomic E-state index is 5.31. The quantitative estimate of drug-likeness (QED) is 0.535. The van der Waals surface area contributed by atoms with Gasteiger partial charge in [-0.15, -0.1) is 0 Å². The van der Waals surface area contributed by atoms with E-state index in [0.29, 0.717) is 0 Å². The summed E-state index contributed by atoms with van der Waals surface area (Å²) in [6.07, 6.45) is 0.